The number of hydrogen-bond acceptors (Lipinski definition) is 4. The maximum Gasteiger partial charge on any atom is 0.259 e. The highest BCUT2D eigenvalue weighted by molar-refractivity contribution is 5.99. The molecule has 0 spiro atoms. The summed E-state index contributed by atoms with van der Waals surface area (Å²) in [5.41, 5.74) is 2.27. The zero-order valence-corrected chi connectivity index (χ0v) is 17.0. The van der Waals surface area contributed by atoms with Crippen molar-refractivity contribution >= 4 is 11.6 Å². The minimum Gasteiger partial charge on any atom is -0.493 e. The minimum atomic E-state index is -0.00289. The molecule has 2 aliphatic rings. The van der Waals surface area contributed by atoms with E-state index in [0.717, 1.165) is 43.6 Å². The fraction of sp³-hybridized carbons (Fsp3) is 0.375. The highest BCUT2D eigenvalue weighted by atomic mass is 16.5. The lowest BCUT2D eigenvalue weighted by Crippen LogP contribution is -2.32. The first-order valence-corrected chi connectivity index (χ1v) is 10.7. The van der Waals surface area contributed by atoms with Crippen LogP contribution in [0.5, 0.6) is 5.75 Å². The number of hydrogen-bond donors (Lipinski definition) is 0. The molecule has 6 heteroatoms. The first-order chi connectivity index (χ1) is 14.8. The van der Waals surface area contributed by atoms with Crippen LogP contribution in [0.4, 0.5) is 0 Å². The van der Waals surface area contributed by atoms with Crippen molar-refractivity contribution in [1.82, 2.24) is 19.5 Å². The molecular formula is C24H26N4O2. The Balaban J connectivity index is 1.26. The minimum absolute atomic E-state index is 0.00289. The Morgan fingerprint density at radius 2 is 2.03 bits per heavy atom. The first kappa shape index (κ1) is 18.9. The van der Waals surface area contributed by atoms with Gasteiger partial charge in [-0.2, -0.15) is 5.10 Å². The third-order valence-electron chi connectivity index (χ3n) is 5.90. The molecule has 6 nitrogen and oxygen atoms in total. The van der Waals surface area contributed by atoms with Crippen LogP contribution in [0.25, 0.3) is 5.65 Å². The molecule has 2 aliphatic carbocycles. The largest absolute Gasteiger partial charge is 0.493 e. The molecule has 5 rings (SSSR count). The van der Waals surface area contributed by atoms with Gasteiger partial charge in [-0.1, -0.05) is 24.3 Å². The van der Waals surface area contributed by atoms with Gasteiger partial charge in [0.2, 0.25) is 0 Å². The molecule has 3 aromatic rings. The van der Waals surface area contributed by atoms with Crippen molar-refractivity contribution in [2.24, 2.45) is 5.92 Å². The number of allylic oxidation sites excluding steroid dienone is 2. The normalized spacial score (nSPS) is 18.5. The van der Waals surface area contributed by atoms with Gasteiger partial charge in [-0.15, -0.1) is 0 Å². The molecule has 0 bridgehead atoms. The van der Waals surface area contributed by atoms with Crippen molar-refractivity contribution < 1.29 is 9.53 Å². The predicted octanol–water partition coefficient (Wildman–Crippen LogP) is 4.27. The van der Waals surface area contributed by atoms with Gasteiger partial charge >= 0.3 is 0 Å². The Kier molecular flexibility index (Phi) is 5.22. The summed E-state index contributed by atoms with van der Waals surface area (Å²) in [5, 5.41) is 4.27. The third-order valence-corrected chi connectivity index (χ3v) is 5.90. The Morgan fingerprint density at radius 3 is 2.80 bits per heavy atom. The summed E-state index contributed by atoms with van der Waals surface area (Å²) >= 11 is 0. The molecule has 2 heterocycles. The number of amides is 1. The summed E-state index contributed by atoms with van der Waals surface area (Å²) in [5.74, 6) is 1.50. The molecule has 30 heavy (non-hydrogen) atoms. The number of rotatable bonds is 7. The van der Waals surface area contributed by atoms with E-state index in [1.54, 1.807) is 16.9 Å². The summed E-state index contributed by atoms with van der Waals surface area (Å²) in [6.45, 7) is 1.35. The van der Waals surface area contributed by atoms with Crippen molar-refractivity contribution in [2.75, 3.05) is 6.61 Å². The molecule has 0 N–H and O–H groups in total. The van der Waals surface area contributed by atoms with Crippen LogP contribution < -0.4 is 4.74 Å². The topological polar surface area (TPSA) is 59.7 Å². The molecule has 0 radical (unpaired) electrons. The number of benzene rings is 1. The second kappa shape index (κ2) is 8.30. The number of aromatic nitrogens is 3. The average molecular weight is 402 g/mol. The van der Waals surface area contributed by atoms with Gasteiger partial charge in [-0.3, -0.25) is 4.79 Å². The van der Waals surface area contributed by atoms with Crippen LogP contribution in [0.15, 0.2) is 61.1 Å². The van der Waals surface area contributed by atoms with Gasteiger partial charge in [-0.25, -0.2) is 9.50 Å². The molecule has 1 amide bonds. The molecule has 1 fully saturated rings. The molecule has 1 saturated carbocycles. The van der Waals surface area contributed by atoms with Crippen molar-refractivity contribution in [3.8, 4) is 5.75 Å². The summed E-state index contributed by atoms with van der Waals surface area (Å²) in [4.78, 5) is 19.5. The molecule has 0 saturated heterocycles. The maximum atomic E-state index is 13.3. The van der Waals surface area contributed by atoms with Gasteiger partial charge in [0.15, 0.2) is 5.65 Å². The SMILES string of the molecule is O=C(c1cnn2cccnc12)N(Cc1ccc(OCC2CC=CCC2)cc1)C1CC1. The molecular weight excluding hydrogens is 376 g/mol. The summed E-state index contributed by atoms with van der Waals surface area (Å²) in [7, 11) is 0. The highest BCUT2D eigenvalue weighted by Gasteiger charge is 2.34. The van der Waals surface area contributed by atoms with Crippen LogP contribution >= 0.6 is 0 Å². The van der Waals surface area contributed by atoms with Gasteiger partial charge in [0.25, 0.3) is 5.91 Å². The van der Waals surface area contributed by atoms with E-state index in [4.69, 9.17) is 4.74 Å². The van der Waals surface area contributed by atoms with Crippen molar-refractivity contribution in [3.63, 3.8) is 0 Å². The quantitative estimate of drug-likeness (QED) is 0.554. The Bertz CT molecular complexity index is 1050. The lowest BCUT2D eigenvalue weighted by Gasteiger charge is -2.22. The van der Waals surface area contributed by atoms with E-state index in [2.05, 4.69) is 34.4 Å². The number of carbonyl (C=O) groups excluding carboxylic acids is 1. The van der Waals surface area contributed by atoms with E-state index in [1.807, 2.05) is 29.3 Å². The third kappa shape index (κ3) is 4.08. The zero-order chi connectivity index (χ0) is 20.3. The van der Waals surface area contributed by atoms with Crippen molar-refractivity contribution in [2.45, 2.75) is 44.7 Å². The number of fused-ring (bicyclic) bond motifs is 1. The van der Waals surface area contributed by atoms with Crippen LogP contribution in [0, 0.1) is 5.92 Å². The van der Waals surface area contributed by atoms with E-state index in [9.17, 15) is 4.79 Å². The van der Waals surface area contributed by atoms with Crippen LogP contribution in [0.1, 0.15) is 48.0 Å². The first-order valence-electron chi connectivity index (χ1n) is 10.7. The van der Waals surface area contributed by atoms with E-state index in [0.29, 0.717) is 29.7 Å². The predicted molar refractivity (Wildman–Crippen MR) is 114 cm³/mol. The Morgan fingerprint density at radius 1 is 1.17 bits per heavy atom. The number of nitrogens with zero attached hydrogens (tertiary/aromatic N) is 4. The number of ether oxygens (including phenoxy) is 1. The van der Waals surface area contributed by atoms with E-state index >= 15 is 0 Å². The van der Waals surface area contributed by atoms with Crippen molar-refractivity contribution in [3.05, 3.63) is 72.2 Å². The fourth-order valence-corrected chi connectivity index (χ4v) is 4.00. The second-order valence-corrected chi connectivity index (χ2v) is 8.22. The molecule has 2 aromatic heterocycles. The smallest absolute Gasteiger partial charge is 0.259 e. The maximum absolute atomic E-state index is 13.3. The molecule has 1 atom stereocenters. The highest BCUT2D eigenvalue weighted by Crippen LogP contribution is 2.31. The monoisotopic (exact) mass is 402 g/mol. The number of carbonyl (C=O) groups is 1. The van der Waals surface area contributed by atoms with Crippen LogP contribution in [-0.4, -0.2) is 38.1 Å². The molecule has 154 valence electrons. The van der Waals surface area contributed by atoms with Gasteiger partial charge in [0.05, 0.1) is 12.8 Å². The van der Waals surface area contributed by atoms with Crippen LogP contribution in [0.2, 0.25) is 0 Å². The second-order valence-electron chi connectivity index (χ2n) is 8.22. The molecule has 1 unspecified atom stereocenters. The zero-order valence-electron chi connectivity index (χ0n) is 17.0. The molecule has 0 aliphatic heterocycles. The lowest BCUT2D eigenvalue weighted by molar-refractivity contribution is 0.0731. The van der Waals surface area contributed by atoms with Gasteiger partial charge in [-0.05, 0) is 61.8 Å². The standard InChI is InChI=1S/C24H26N4O2/c29-24(22-15-26-28-14-4-13-25-23(22)28)27(20-9-10-20)16-18-7-11-21(12-8-18)30-17-19-5-2-1-3-6-19/h1-2,4,7-8,11-15,19-20H,3,5-6,9-10,16-17H2. The summed E-state index contributed by atoms with van der Waals surface area (Å²) < 4.78 is 7.63. The van der Waals surface area contributed by atoms with Gasteiger partial charge < -0.3 is 9.64 Å². The van der Waals surface area contributed by atoms with E-state index < -0.39 is 0 Å². The average Bonchev–Trinajstić information content (AvgIpc) is 3.55. The van der Waals surface area contributed by atoms with Crippen LogP contribution in [0.3, 0.4) is 0 Å². The molecule has 1 aromatic carbocycles. The summed E-state index contributed by atoms with van der Waals surface area (Å²) in [6, 6.07) is 10.3. The van der Waals surface area contributed by atoms with E-state index in [1.165, 1.54) is 6.42 Å². The summed E-state index contributed by atoms with van der Waals surface area (Å²) in [6.07, 6.45) is 15.2. The lowest BCUT2D eigenvalue weighted by atomic mass is 9.95. The Hall–Kier alpha value is -3.15. The van der Waals surface area contributed by atoms with E-state index in [-0.39, 0.29) is 5.91 Å². The van der Waals surface area contributed by atoms with Crippen LogP contribution in [-0.2, 0) is 6.54 Å². The van der Waals surface area contributed by atoms with Crippen molar-refractivity contribution in [1.29, 1.82) is 0 Å². The van der Waals surface area contributed by atoms with Gasteiger partial charge in [0, 0.05) is 25.0 Å². The fourth-order valence-electron chi connectivity index (χ4n) is 4.00. The Labute approximate surface area is 176 Å². The van der Waals surface area contributed by atoms with Gasteiger partial charge in [0.1, 0.15) is 11.3 Å².